The molecule has 0 aliphatic carbocycles. The molecule has 0 atom stereocenters. The van der Waals surface area contributed by atoms with Crippen LogP contribution in [0.2, 0.25) is 0 Å². The van der Waals surface area contributed by atoms with Crippen LogP contribution < -0.4 is 14.4 Å². The standard InChI is InChI=1S/C16H20N2O2/c1-12-6-5-7-16(17-12)18(2)11-13-8-9-14(19-3)10-15(13)20-4/h5-10H,11H2,1-4H3. The molecule has 0 bridgehead atoms. The van der Waals surface area contributed by atoms with Crippen LogP contribution >= 0.6 is 0 Å². The van der Waals surface area contributed by atoms with Gasteiger partial charge >= 0.3 is 0 Å². The van der Waals surface area contributed by atoms with Crippen molar-refractivity contribution in [2.75, 3.05) is 26.2 Å². The van der Waals surface area contributed by atoms with Gasteiger partial charge < -0.3 is 14.4 Å². The number of methoxy groups -OCH3 is 2. The Kier molecular flexibility index (Phi) is 4.45. The molecule has 0 saturated carbocycles. The van der Waals surface area contributed by atoms with E-state index in [2.05, 4.69) is 9.88 Å². The van der Waals surface area contributed by atoms with Crippen LogP contribution in [-0.2, 0) is 6.54 Å². The van der Waals surface area contributed by atoms with Crippen LogP contribution in [0.25, 0.3) is 0 Å². The average molecular weight is 272 g/mol. The minimum Gasteiger partial charge on any atom is -0.497 e. The van der Waals surface area contributed by atoms with Crippen molar-refractivity contribution in [3.63, 3.8) is 0 Å². The van der Waals surface area contributed by atoms with E-state index in [1.54, 1.807) is 14.2 Å². The average Bonchev–Trinajstić information content (AvgIpc) is 2.47. The zero-order chi connectivity index (χ0) is 14.5. The van der Waals surface area contributed by atoms with Crippen molar-refractivity contribution in [3.8, 4) is 11.5 Å². The molecule has 0 spiro atoms. The summed E-state index contributed by atoms with van der Waals surface area (Å²) in [5.41, 5.74) is 2.11. The van der Waals surface area contributed by atoms with Crippen molar-refractivity contribution in [1.29, 1.82) is 0 Å². The van der Waals surface area contributed by atoms with Crippen molar-refractivity contribution in [2.24, 2.45) is 0 Å². The SMILES string of the molecule is COc1ccc(CN(C)c2cccc(C)n2)c(OC)c1. The molecule has 0 radical (unpaired) electrons. The maximum Gasteiger partial charge on any atom is 0.128 e. The van der Waals surface area contributed by atoms with Gasteiger partial charge in [0.1, 0.15) is 17.3 Å². The van der Waals surface area contributed by atoms with Crippen molar-refractivity contribution >= 4 is 5.82 Å². The fourth-order valence-electron chi connectivity index (χ4n) is 2.06. The van der Waals surface area contributed by atoms with Gasteiger partial charge in [-0.05, 0) is 31.2 Å². The van der Waals surface area contributed by atoms with E-state index in [1.165, 1.54) is 0 Å². The minimum atomic E-state index is 0.726. The first-order valence-corrected chi connectivity index (χ1v) is 6.49. The molecular formula is C16H20N2O2. The van der Waals surface area contributed by atoms with Crippen LogP contribution in [0.3, 0.4) is 0 Å². The van der Waals surface area contributed by atoms with E-state index in [9.17, 15) is 0 Å². The van der Waals surface area contributed by atoms with Gasteiger partial charge in [0.15, 0.2) is 0 Å². The molecule has 0 N–H and O–H groups in total. The molecule has 1 aromatic heterocycles. The highest BCUT2D eigenvalue weighted by Crippen LogP contribution is 2.26. The molecule has 2 rings (SSSR count). The largest absolute Gasteiger partial charge is 0.497 e. The number of pyridine rings is 1. The summed E-state index contributed by atoms with van der Waals surface area (Å²) in [6, 6.07) is 11.9. The molecule has 0 fully saturated rings. The summed E-state index contributed by atoms with van der Waals surface area (Å²) in [6.07, 6.45) is 0. The van der Waals surface area contributed by atoms with Gasteiger partial charge in [0.25, 0.3) is 0 Å². The second-order valence-electron chi connectivity index (χ2n) is 4.67. The van der Waals surface area contributed by atoms with Gasteiger partial charge in [0.05, 0.1) is 14.2 Å². The molecule has 4 heteroatoms. The van der Waals surface area contributed by atoms with Gasteiger partial charge in [0.2, 0.25) is 0 Å². The zero-order valence-corrected chi connectivity index (χ0v) is 12.4. The molecule has 0 saturated heterocycles. The number of aromatic nitrogens is 1. The summed E-state index contributed by atoms with van der Waals surface area (Å²) in [7, 11) is 5.34. The number of rotatable bonds is 5. The molecule has 0 unspecified atom stereocenters. The van der Waals surface area contributed by atoms with Crippen LogP contribution in [-0.4, -0.2) is 26.3 Å². The van der Waals surface area contributed by atoms with E-state index in [1.807, 2.05) is 50.4 Å². The summed E-state index contributed by atoms with van der Waals surface area (Å²) >= 11 is 0. The van der Waals surface area contributed by atoms with Gasteiger partial charge in [0, 0.05) is 30.9 Å². The Balaban J connectivity index is 2.21. The summed E-state index contributed by atoms with van der Waals surface area (Å²) in [4.78, 5) is 6.61. The third kappa shape index (κ3) is 3.20. The van der Waals surface area contributed by atoms with Crippen LogP contribution in [0, 0.1) is 6.92 Å². The lowest BCUT2D eigenvalue weighted by atomic mass is 10.1. The molecule has 106 valence electrons. The number of hydrogen-bond donors (Lipinski definition) is 0. The number of benzene rings is 1. The Morgan fingerprint density at radius 2 is 1.90 bits per heavy atom. The molecule has 20 heavy (non-hydrogen) atoms. The Labute approximate surface area is 120 Å². The van der Waals surface area contributed by atoms with Crippen LogP contribution in [0.1, 0.15) is 11.3 Å². The maximum absolute atomic E-state index is 5.42. The third-order valence-electron chi connectivity index (χ3n) is 3.17. The fraction of sp³-hybridized carbons (Fsp3) is 0.312. The Morgan fingerprint density at radius 3 is 2.55 bits per heavy atom. The van der Waals surface area contributed by atoms with E-state index in [4.69, 9.17) is 9.47 Å². The zero-order valence-electron chi connectivity index (χ0n) is 12.4. The van der Waals surface area contributed by atoms with Gasteiger partial charge in [-0.3, -0.25) is 0 Å². The smallest absolute Gasteiger partial charge is 0.128 e. The second kappa shape index (κ2) is 6.28. The monoisotopic (exact) mass is 272 g/mol. The molecule has 0 amide bonds. The van der Waals surface area contributed by atoms with E-state index >= 15 is 0 Å². The quantitative estimate of drug-likeness (QED) is 0.838. The summed E-state index contributed by atoms with van der Waals surface area (Å²) in [5, 5.41) is 0. The topological polar surface area (TPSA) is 34.6 Å². The number of nitrogens with zero attached hydrogens (tertiary/aromatic N) is 2. The lowest BCUT2D eigenvalue weighted by Gasteiger charge is -2.20. The lowest BCUT2D eigenvalue weighted by molar-refractivity contribution is 0.391. The highest BCUT2D eigenvalue weighted by molar-refractivity contribution is 5.45. The summed E-state index contributed by atoms with van der Waals surface area (Å²) < 4.78 is 10.6. The molecule has 0 aliphatic heterocycles. The van der Waals surface area contributed by atoms with E-state index in [0.717, 1.165) is 35.1 Å². The number of aryl methyl sites for hydroxylation is 1. The van der Waals surface area contributed by atoms with Crippen LogP contribution in [0.4, 0.5) is 5.82 Å². The van der Waals surface area contributed by atoms with Gasteiger partial charge in [-0.25, -0.2) is 4.98 Å². The molecule has 2 aromatic rings. The number of ether oxygens (including phenoxy) is 2. The van der Waals surface area contributed by atoms with Gasteiger partial charge in [-0.1, -0.05) is 6.07 Å². The van der Waals surface area contributed by atoms with Crippen LogP contribution in [0.15, 0.2) is 36.4 Å². The molecule has 1 heterocycles. The second-order valence-corrected chi connectivity index (χ2v) is 4.67. The lowest BCUT2D eigenvalue weighted by Crippen LogP contribution is -2.18. The minimum absolute atomic E-state index is 0.726. The first kappa shape index (κ1) is 14.2. The first-order chi connectivity index (χ1) is 9.63. The molecule has 1 aromatic carbocycles. The molecule has 4 nitrogen and oxygen atoms in total. The fourth-order valence-corrected chi connectivity index (χ4v) is 2.06. The highest BCUT2D eigenvalue weighted by Gasteiger charge is 2.09. The van der Waals surface area contributed by atoms with Crippen molar-refractivity contribution in [2.45, 2.75) is 13.5 Å². The Morgan fingerprint density at radius 1 is 1.10 bits per heavy atom. The van der Waals surface area contributed by atoms with E-state index in [-0.39, 0.29) is 0 Å². The highest BCUT2D eigenvalue weighted by atomic mass is 16.5. The predicted molar refractivity (Wildman–Crippen MR) is 80.6 cm³/mol. The van der Waals surface area contributed by atoms with Crippen molar-refractivity contribution < 1.29 is 9.47 Å². The van der Waals surface area contributed by atoms with E-state index in [0.29, 0.717) is 0 Å². The van der Waals surface area contributed by atoms with Crippen molar-refractivity contribution in [1.82, 2.24) is 4.98 Å². The van der Waals surface area contributed by atoms with Crippen molar-refractivity contribution in [3.05, 3.63) is 47.7 Å². The molecular weight excluding hydrogens is 252 g/mol. The predicted octanol–water partition coefficient (Wildman–Crippen LogP) is 3.04. The normalized spacial score (nSPS) is 10.2. The Hall–Kier alpha value is -2.23. The number of hydrogen-bond acceptors (Lipinski definition) is 4. The summed E-state index contributed by atoms with van der Waals surface area (Å²) in [5.74, 6) is 2.56. The summed E-state index contributed by atoms with van der Waals surface area (Å²) in [6.45, 7) is 2.72. The molecule has 0 aliphatic rings. The maximum atomic E-state index is 5.42. The number of anilines is 1. The van der Waals surface area contributed by atoms with E-state index < -0.39 is 0 Å². The van der Waals surface area contributed by atoms with Crippen LogP contribution in [0.5, 0.6) is 11.5 Å². The Bertz CT molecular complexity index is 584. The third-order valence-corrected chi connectivity index (χ3v) is 3.17. The van der Waals surface area contributed by atoms with Gasteiger partial charge in [-0.2, -0.15) is 0 Å². The first-order valence-electron chi connectivity index (χ1n) is 6.49. The van der Waals surface area contributed by atoms with Gasteiger partial charge in [-0.15, -0.1) is 0 Å².